The van der Waals surface area contributed by atoms with Gasteiger partial charge in [0.05, 0.1) is 5.52 Å². The van der Waals surface area contributed by atoms with Crippen LogP contribution in [0.4, 0.5) is 0 Å². The Morgan fingerprint density at radius 2 is 1.58 bits per heavy atom. The van der Waals surface area contributed by atoms with E-state index >= 15 is 0 Å². The van der Waals surface area contributed by atoms with Crippen molar-refractivity contribution in [1.29, 1.82) is 0 Å². The van der Waals surface area contributed by atoms with E-state index in [1.807, 2.05) is 0 Å². The third-order valence-electron chi connectivity index (χ3n) is 5.60. The van der Waals surface area contributed by atoms with E-state index in [1.54, 1.807) is 0 Å². The van der Waals surface area contributed by atoms with Crippen molar-refractivity contribution in [2.24, 2.45) is 0 Å². The van der Waals surface area contributed by atoms with E-state index in [-0.39, 0.29) is 0 Å². The number of hydrogen-bond acceptors (Lipinski definition) is 0. The van der Waals surface area contributed by atoms with Crippen LogP contribution in [0.2, 0.25) is 0 Å². The first-order valence-electron chi connectivity index (χ1n) is 9.20. The third-order valence-corrected chi connectivity index (χ3v) is 5.60. The van der Waals surface area contributed by atoms with Crippen molar-refractivity contribution in [3.8, 4) is 5.69 Å². The Labute approximate surface area is 151 Å². The molecule has 0 spiro atoms. The lowest BCUT2D eigenvalue weighted by Crippen LogP contribution is -2.00. The van der Waals surface area contributed by atoms with Gasteiger partial charge in [0.15, 0.2) is 0 Å². The molecule has 26 heavy (non-hydrogen) atoms. The molecule has 1 N–H and O–H groups in total. The summed E-state index contributed by atoms with van der Waals surface area (Å²) in [5, 5.41) is 3.94. The third kappa shape index (κ3) is 1.81. The van der Waals surface area contributed by atoms with Crippen molar-refractivity contribution in [2.45, 2.75) is 12.8 Å². The molecule has 0 radical (unpaired) electrons. The summed E-state index contributed by atoms with van der Waals surface area (Å²) in [6.07, 6.45) is 6.83. The van der Waals surface area contributed by atoms with Crippen molar-refractivity contribution in [2.75, 3.05) is 0 Å². The lowest BCUT2D eigenvalue weighted by atomic mass is 10.0. The van der Waals surface area contributed by atoms with Crippen LogP contribution in [0.3, 0.4) is 0 Å². The minimum absolute atomic E-state index is 1.12. The van der Waals surface area contributed by atoms with Crippen LogP contribution < -0.4 is 0 Å². The van der Waals surface area contributed by atoms with Gasteiger partial charge in [0, 0.05) is 38.6 Å². The fraction of sp³-hybridized carbons (Fsp3) is 0.0833. The molecule has 0 saturated heterocycles. The van der Waals surface area contributed by atoms with Gasteiger partial charge in [0.2, 0.25) is 0 Å². The number of nitrogens with zero attached hydrogens (tertiary/aromatic N) is 1. The van der Waals surface area contributed by atoms with Crippen molar-refractivity contribution in [3.63, 3.8) is 0 Å². The van der Waals surface area contributed by atoms with Crippen molar-refractivity contribution < 1.29 is 0 Å². The lowest BCUT2D eigenvalue weighted by Gasteiger charge is -2.12. The van der Waals surface area contributed by atoms with E-state index in [2.05, 4.69) is 88.4 Å². The van der Waals surface area contributed by atoms with Gasteiger partial charge < -0.3 is 9.55 Å². The van der Waals surface area contributed by atoms with Crippen LogP contribution in [0.15, 0.2) is 72.8 Å². The fourth-order valence-corrected chi connectivity index (χ4v) is 4.44. The minimum atomic E-state index is 1.12. The highest BCUT2D eigenvalue weighted by Crippen LogP contribution is 2.35. The number of rotatable bonds is 1. The van der Waals surface area contributed by atoms with Crippen LogP contribution in [-0.2, 0) is 6.42 Å². The molecule has 0 bridgehead atoms. The van der Waals surface area contributed by atoms with Gasteiger partial charge in [0.25, 0.3) is 0 Å². The summed E-state index contributed by atoms with van der Waals surface area (Å²) < 4.78 is 2.42. The predicted octanol–water partition coefficient (Wildman–Crippen LogP) is 6.22. The fourth-order valence-electron chi connectivity index (χ4n) is 4.44. The summed E-state index contributed by atoms with van der Waals surface area (Å²) in [6.45, 7) is 0. The molecule has 1 aliphatic rings. The van der Waals surface area contributed by atoms with Crippen molar-refractivity contribution >= 4 is 38.8 Å². The maximum Gasteiger partial charge on any atom is 0.0537 e. The van der Waals surface area contributed by atoms with Crippen LogP contribution >= 0.6 is 0 Å². The zero-order valence-corrected chi connectivity index (χ0v) is 14.4. The summed E-state index contributed by atoms with van der Waals surface area (Å²) in [5.41, 5.74) is 7.71. The van der Waals surface area contributed by atoms with Gasteiger partial charge in [0.1, 0.15) is 0 Å². The molecule has 2 heteroatoms. The SMILES string of the molecule is C1=Cc2c(c3ccccc3n2-c2ccc3[nH]c4ccccc4c3c2)CC1. The van der Waals surface area contributed by atoms with Gasteiger partial charge >= 0.3 is 0 Å². The zero-order chi connectivity index (χ0) is 17.1. The number of hydrogen-bond donors (Lipinski definition) is 1. The highest BCUT2D eigenvalue weighted by atomic mass is 15.0. The number of aromatic amines is 1. The molecule has 0 fully saturated rings. The molecule has 0 aliphatic heterocycles. The summed E-state index contributed by atoms with van der Waals surface area (Å²) in [5.74, 6) is 0. The number of allylic oxidation sites excluding steroid dienone is 1. The maximum atomic E-state index is 3.53. The van der Waals surface area contributed by atoms with E-state index in [4.69, 9.17) is 0 Å². The highest BCUT2D eigenvalue weighted by Gasteiger charge is 2.18. The van der Waals surface area contributed by atoms with Crippen LogP contribution in [0.1, 0.15) is 17.7 Å². The number of nitrogens with one attached hydrogen (secondary N) is 1. The first kappa shape index (κ1) is 14.0. The lowest BCUT2D eigenvalue weighted by molar-refractivity contribution is 0.968. The van der Waals surface area contributed by atoms with E-state index in [0.29, 0.717) is 0 Å². The molecule has 2 aromatic heterocycles. The maximum absolute atomic E-state index is 3.53. The van der Waals surface area contributed by atoms with Gasteiger partial charge in [-0.15, -0.1) is 0 Å². The second-order valence-electron chi connectivity index (χ2n) is 7.06. The summed E-state index contributed by atoms with van der Waals surface area (Å²) in [6, 6.07) is 24.1. The largest absolute Gasteiger partial charge is 0.355 e. The second kappa shape index (κ2) is 5.12. The quantitative estimate of drug-likeness (QED) is 0.375. The van der Waals surface area contributed by atoms with Gasteiger partial charge in [-0.2, -0.15) is 0 Å². The van der Waals surface area contributed by atoms with Gasteiger partial charge in [-0.05, 0) is 54.8 Å². The monoisotopic (exact) mass is 334 g/mol. The number of aryl methyl sites for hydroxylation is 1. The van der Waals surface area contributed by atoms with Crippen molar-refractivity contribution in [1.82, 2.24) is 9.55 Å². The molecule has 2 heterocycles. The molecular formula is C24H18N2. The number of benzene rings is 3. The molecule has 0 saturated carbocycles. The summed E-state index contributed by atoms with van der Waals surface area (Å²) >= 11 is 0. The van der Waals surface area contributed by atoms with E-state index in [1.165, 1.54) is 49.7 Å². The predicted molar refractivity (Wildman–Crippen MR) is 110 cm³/mol. The Balaban J connectivity index is 1.71. The van der Waals surface area contributed by atoms with Gasteiger partial charge in [-0.1, -0.05) is 42.5 Å². The number of fused-ring (bicyclic) bond motifs is 6. The van der Waals surface area contributed by atoms with E-state index in [0.717, 1.165) is 12.8 Å². The number of para-hydroxylation sites is 2. The van der Waals surface area contributed by atoms with Gasteiger partial charge in [-0.25, -0.2) is 0 Å². The molecule has 124 valence electrons. The molecule has 0 unspecified atom stereocenters. The average Bonchev–Trinajstić information content (AvgIpc) is 3.23. The minimum Gasteiger partial charge on any atom is -0.355 e. The molecule has 2 nitrogen and oxygen atoms in total. The average molecular weight is 334 g/mol. The summed E-state index contributed by atoms with van der Waals surface area (Å²) in [7, 11) is 0. The van der Waals surface area contributed by atoms with Crippen molar-refractivity contribution in [3.05, 3.63) is 84.1 Å². The van der Waals surface area contributed by atoms with Crippen LogP contribution in [0.5, 0.6) is 0 Å². The molecule has 3 aromatic carbocycles. The van der Waals surface area contributed by atoms with E-state index in [9.17, 15) is 0 Å². The van der Waals surface area contributed by atoms with Gasteiger partial charge in [-0.3, -0.25) is 0 Å². The smallest absolute Gasteiger partial charge is 0.0537 e. The Morgan fingerprint density at radius 1 is 0.769 bits per heavy atom. The normalized spacial score (nSPS) is 13.7. The van der Waals surface area contributed by atoms with Crippen LogP contribution in [0.25, 0.3) is 44.5 Å². The number of aromatic nitrogens is 2. The second-order valence-corrected chi connectivity index (χ2v) is 7.06. The van der Waals surface area contributed by atoms with Crippen LogP contribution in [-0.4, -0.2) is 9.55 Å². The Kier molecular flexibility index (Phi) is 2.75. The molecule has 6 rings (SSSR count). The Bertz CT molecular complexity index is 1330. The molecule has 5 aromatic rings. The first-order valence-corrected chi connectivity index (χ1v) is 9.20. The van der Waals surface area contributed by atoms with E-state index < -0.39 is 0 Å². The topological polar surface area (TPSA) is 20.7 Å². The number of H-pyrrole nitrogens is 1. The van der Waals surface area contributed by atoms with Crippen LogP contribution in [0, 0.1) is 0 Å². The standard InChI is InChI=1S/C24H18N2/c1-4-10-21-17(7-1)20-15-16(13-14-22(20)25-21)26-23-11-5-2-8-18(23)19-9-3-6-12-24(19)26/h1-2,4-8,10-15,25H,3,9H2. The Hall–Kier alpha value is -3.26. The zero-order valence-electron chi connectivity index (χ0n) is 14.4. The molecule has 0 atom stereocenters. The highest BCUT2D eigenvalue weighted by molar-refractivity contribution is 6.08. The Morgan fingerprint density at radius 3 is 2.54 bits per heavy atom. The molecule has 0 amide bonds. The first-order chi connectivity index (χ1) is 12.9. The molecular weight excluding hydrogens is 316 g/mol. The molecule has 1 aliphatic carbocycles. The summed E-state index contributed by atoms with van der Waals surface area (Å²) in [4.78, 5) is 3.53.